The number of aryl methyl sites for hydroxylation is 2. The summed E-state index contributed by atoms with van der Waals surface area (Å²) in [5.74, 6) is 1.06. The predicted octanol–water partition coefficient (Wildman–Crippen LogP) is 3.20. The van der Waals surface area contributed by atoms with Gasteiger partial charge in [-0.25, -0.2) is 4.98 Å². The normalized spacial score (nSPS) is 15.4. The summed E-state index contributed by atoms with van der Waals surface area (Å²) >= 11 is 0. The standard InChI is InChI=1S/C17H20N2O/c1-13-3-5-15(6-4-13)16-11-14(2)12-17(18-16)19-7-9-20-10-8-19/h3-6,11-12H,7-10H2,1-2H3. The first kappa shape index (κ1) is 13.1. The summed E-state index contributed by atoms with van der Waals surface area (Å²) in [6.45, 7) is 7.65. The van der Waals surface area contributed by atoms with E-state index in [2.05, 4.69) is 55.1 Å². The molecule has 0 bridgehead atoms. The minimum absolute atomic E-state index is 0.787. The lowest BCUT2D eigenvalue weighted by Crippen LogP contribution is -2.36. The van der Waals surface area contributed by atoms with Gasteiger partial charge in [0.25, 0.3) is 0 Å². The molecule has 0 atom stereocenters. The molecule has 0 saturated carbocycles. The number of anilines is 1. The highest BCUT2D eigenvalue weighted by Gasteiger charge is 2.13. The maximum Gasteiger partial charge on any atom is 0.129 e. The van der Waals surface area contributed by atoms with Gasteiger partial charge in [-0.05, 0) is 31.5 Å². The molecular formula is C17H20N2O. The Labute approximate surface area is 120 Å². The van der Waals surface area contributed by atoms with Gasteiger partial charge in [0, 0.05) is 18.7 Å². The topological polar surface area (TPSA) is 25.4 Å². The Morgan fingerprint density at radius 3 is 2.35 bits per heavy atom. The lowest BCUT2D eigenvalue weighted by Gasteiger charge is -2.28. The van der Waals surface area contributed by atoms with Crippen molar-refractivity contribution in [2.24, 2.45) is 0 Å². The van der Waals surface area contributed by atoms with Crippen LogP contribution in [0.15, 0.2) is 36.4 Å². The number of morpholine rings is 1. The summed E-state index contributed by atoms with van der Waals surface area (Å²) in [7, 11) is 0. The van der Waals surface area contributed by atoms with E-state index in [1.165, 1.54) is 16.7 Å². The van der Waals surface area contributed by atoms with Gasteiger partial charge in [-0.3, -0.25) is 0 Å². The Morgan fingerprint density at radius 2 is 1.65 bits per heavy atom. The maximum absolute atomic E-state index is 5.41. The van der Waals surface area contributed by atoms with Crippen LogP contribution in [0.2, 0.25) is 0 Å². The minimum Gasteiger partial charge on any atom is -0.378 e. The van der Waals surface area contributed by atoms with Gasteiger partial charge in [0.05, 0.1) is 18.9 Å². The van der Waals surface area contributed by atoms with Gasteiger partial charge in [0.1, 0.15) is 5.82 Å². The molecule has 0 N–H and O–H groups in total. The third-order valence-electron chi connectivity index (χ3n) is 3.64. The van der Waals surface area contributed by atoms with Crippen molar-refractivity contribution in [1.82, 2.24) is 4.98 Å². The van der Waals surface area contributed by atoms with Gasteiger partial charge in [0.2, 0.25) is 0 Å². The van der Waals surface area contributed by atoms with Gasteiger partial charge < -0.3 is 9.64 Å². The second-order valence-corrected chi connectivity index (χ2v) is 5.35. The number of aromatic nitrogens is 1. The average Bonchev–Trinajstić information content (AvgIpc) is 2.48. The fourth-order valence-corrected chi connectivity index (χ4v) is 2.48. The number of hydrogen-bond donors (Lipinski definition) is 0. The zero-order valence-electron chi connectivity index (χ0n) is 12.1. The van der Waals surface area contributed by atoms with Gasteiger partial charge in [-0.1, -0.05) is 29.8 Å². The van der Waals surface area contributed by atoms with Crippen LogP contribution in [-0.4, -0.2) is 31.3 Å². The van der Waals surface area contributed by atoms with Crippen LogP contribution < -0.4 is 4.90 Å². The molecule has 1 aliphatic rings. The van der Waals surface area contributed by atoms with Gasteiger partial charge in [0.15, 0.2) is 0 Å². The first-order chi connectivity index (χ1) is 9.72. The van der Waals surface area contributed by atoms with E-state index in [9.17, 15) is 0 Å². The second kappa shape index (κ2) is 5.63. The Hall–Kier alpha value is -1.87. The van der Waals surface area contributed by atoms with Crippen LogP contribution >= 0.6 is 0 Å². The first-order valence-corrected chi connectivity index (χ1v) is 7.11. The molecule has 2 heterocycles. The molecular weight excluding hydrogens is 248 g/mol. The fraction of sp³-hybridized carbons (Fsp3) is 0.353. The molecule has 20 heavy (non-hydrogen) atoms. The van der Waals surface area contributed by atoms with Gasteiger partial charge in [-0.15, -0.1) is 0 Å². The summed E-state index contributed by atoms with van der Waals surface area (Å²) in [5, 5.41) is 0. The largest absolute Gasteiger partial charge is 0.378 e. The smallest absolute Gasteiger partial charge is 0.129 e. The first-order valence-electron chi connectivity index (χ1n) is 7.11. The van der Waals surface area contributed by atoms with Gasteiger partial charge in [-0.2, -0.15) is 0 Å². The number of benzene rings is 1. The van der Waals surface area contributed by atoms with Crippen molar-refractivity contribution >= 4 is 5.82 Å². The van der Waals surface area contributed by atoms with E-state index < -0.39 is 0 Å². The number of hydrogen-bond acceptors (Lipinski definition) is 3. The molecule has 0 aliphatic carbocycles. The summed E-state index contributed by atoms with van der Waals surface area (Å²) in [6.07, 6.45) is 0. The van der Waals surface area contributed by atoms with E-state index in [0.29, 0.717) is 0 Å². The third-order valence-corrected chi connectivity index (χ3v) is 3.64. The SMILES string of the molecule is Cc1ccc(-c2cc(C)cc(N3CCOCC3)n2)cc1. The van der Waals surface area contributed by atoms with Crippen molar-refractivity contribution in [3.05, 3.63) is 47.5 Å². The molecule has 3 rings (SSSR count). The highest BCUT2D eigenvalue weighted by atomic mass is 16.5. The van der Waals surface area contributed by atoms with Crippen LogP contribution in [-0.2, 0) is 4.74 Å². The van der Waals surface area contributed by atoms with Crippen molar-refractivity contribution < 1.29 is 4.74 Å². The second-order valence-electron chi connectivity index (χ2n) is 5.35. The Balaban J connectivity index is 1.95. The van der Waals surface area contributed by atoms with Crippen molar-refractivity contribution in [2.45, 2.75) is 13.8 Å². The summed E-state index contributed by atoms with van der Waals surface area (Å²) in [4.78, 5) is 7.13. The molecule has 0 unspecified atom stereocenters. The molecule has 1 aromatic carbocycles. The zero-order chi connectivity index (χ0) is 13.9. The van der Waals surface area contributed by atoms with Crippen LogP contribution in [0.3, 0.4) is 0 Å². The Kier molecular flexibility index (Phi) is 3.70. The van der Waals surface area contributed by atoms with E-state index in [1.807, 2.05) is 0 Å². The predicted molar refractivity (Wildman–Crippen MR) is 82.2 cm³/mol. The molecule has 3 nitrogen and oxygen atoms in total. The number of nitrogens with zero attached hydrogens (tertiary/aromatic N) is 2. The van der Waals surface area contributed by atoms with Gasteiger partial charge >= 0.3 is 0 Å². The molecule has 0 amide bonds. The Bertz CT molecular complexity index is 586. The quantitative estimate of drug-likeness (QED) is 0.836. The molecule has 104 valence electrons. The van der Waals surface area contributed by atoms with Crippen LogP contribution in [0.1, 0.15) is 11.1 Å². The van der Waals surface area contributed by atoms with E-state index in [0.717, 1.165) is 37.8 Å². The van der Waals surface area contributed by atoms with Crippen LogP contribution in [0, 0.1) is 13.8 Å². The summed E-state index contributed by atoms with van der Waals surface area (Å²) in [6, 6.07) is 12.8. The minimum atomic E-state index is 0.787. The molecule has 1 aliphatic heterocycles. The van der Waals surface area contributed by atoms with Crippen LogP contribution in [0.25, 0.3) is 11.3 Å². The highest BCUT2D eigenvalue weighted by molar-refractivity contribution is 5.63. The van der Waals surface area contributed by atoms with E-state index >= 15 is 0 Å². The van der Waals surface area contributed by atoms with Crippen molar-refractivity contribution in [1.29, 1.82) is 0 Å². The molecule has 0 radical (unpaired) electrons. The lowest BCUT2D eigenvalue weighted by atomic mass is 10.1. The molecule has 1 fully saturated rings. The molecule has 2 aromatic rings. The summed E-state index contributed by atoms with van der Waals surface area (Å²) < 4.78 is 5.41. The van der Waals surface area contributed by atoms with E-state index in [1.54, 1.807) is 0 Å². The molecule has 3 heteroatoms. The summed E-state index contributed by atoms with van der Waals surface area (Å²) in [5.41, 5.74) is 4.74. The van der Waals surface area contributed by atoms with Crippen molar-refractivity contribution in [3.8, 4) is 11.3 Å². The number of rotatable bonds is 2. The number of pyridine rings is 1. The van der Waals surface area contributed by atoms with Crippen LogP contribution in [0.4, 0.5) is 5.82 Å². The number of ether oxygens (including phenoxy) is 1. The maximum atomic E-state index is 5.41. The van der Waals surface area contributed by atoms with E-state index in [-0.39, 0.29) is 0 Å². The van der Waals surface area contributed by atoms with Crippen LogP contribution in [0.5, 0.6) is 0 Å². The van der Waals surface area contributed by atoms with E-state index in [4.69, 9.17) is 9.72 Å². The third kappa shape index (κ3) is 2.83. The fourth-order valence-electron chi connectivity index (χ4n) is 2.48. The highest BCUT2D eigenvalue weighted by Crippen LogP contribution is 2.23. The Morgan fingerprint density at radius 1 is 0.950 bits per heavy atom. The lowest BCUT2D eigenvalue weighted by molar-refractivity contribution is 0.122. The van der Waals surface area contributed by atoms with Crippen molar-refractivity contribution in [2.75, 3.05) is 31.2 Å². The molecule has 0 spiro atoms. The monoisotopic (exact) mass is 268 g/mol. The average molecular weight is 268 g/mol. The molecule has 1 aromatic heterocycles. The van der Waals surface area contributed by atoms with Crippen molar-refractivity contribution in [3.63, 3.8) is 0 Å². The molecule has 1 saturated heterocycles. The zero-order valence-corrected chi connectivity index (χ0v) is 12.1.